The molecule has 0 saturated heterocycles. The van der Waals surface area contributed by atoms with E-state index in [0.717, 1.165) is 15.4 Å². The number of anilines is 1. The topological polar surface area (TPSA) is 105 Å². The van der Waals surface area contributed by atoms with Crippen LogP contribution in [-0.4, -0.2) is 58.0 Å². The molecule has 0 fully saturated rings. The fraction of sp³-hybridized carbons (Fsp3) is 0.333. The largest absolute Gasteiger partial charge is 0.497 e. The molecule has 1 atom stereocenters. The summed E-state index contributed by atoms with van der Waals surface area (Å²) in [6.45, 7) is 6.68. The first-order chi connectivity index (χ1) is 19.0. The van der Waals surface area contributed by atoms with Crippen LogP contribution in [0, 0.1) is 6.92 Å². The Morgan fingerprint density at radius 1 is 0.875 bits per heavy atom. The smallest absolute Gasteiger partial charge is 0.264 e. The van der Waals surface area contributed by atoms with Crippen molar-refractivity contribution in [2.24, 2.45) is 0 Å². The lowest BCUT2D eigenvalue weighted by molar-refractivity contribution is -0.139. The Kier molecular flexibility index (Phi) is 10.2. The Morgan fingerprint density at radius 2 is 1.50 bits per heavy atom. The molecule has 0 aliphatic rings. The molecule has 3 rings (SSSR count). The van der Waals surface area contributed by atoms with Crippen LogP contribution in [0.5, 0.6) is 11.5 Å². The molecule has 3 aromatic carbocycles. The van der Waals surface area contributed by atoms with Gasteiger partial charge >= 0.3 is 0 Å². The van der Waals surface area contributed by atoms with Crippen LogP contribution in [0.2, 0.25) is 0 Å². The normalized spacial score (nSPS) is 12.0. The van der Waals surface area contributed by atoms with Crippen molar-refractivity contribution in [3.8, 4) is 11.5 Å². The molecule has 0 heterocycles. The molecule has 0 bridgehead atoms. The number of amides is 2. The lowest BCUT2D eigenvalue weighted by Crippen LogP contribution is -2.52. The molecular weight excluding hydrogens is 530 g/mol. The third kappa shape index (κ3) is 7.32. The van der Waals surface area contributed by atoms with Crippen LogP contribution >= 0.6 is 0 Å². The van der Waals surface area contributed by atoms with Crippen molar-refractivity contribution >= 4 is 27.5 Å². The van der Waals surface area contributed by atoms with Crippen LogP contribution in [0.25, 0.3) is 0 Å². The highest BCUT2D eigenvalue weighted by molar-refractivity contribution is 7.92. The standard InChI is InChI=1S/C30H37N3O6S/c1-21(2)31-30(35)23(4)32(19-24-13-15-25(38-5)16-14-24)29(34)20-33(27-9-7-8-10-28(27)39-6)40(36,37)26-17-11-22(3)12-18-26/h7-18,21,23H,19-20H2,1-6H3,(H,31,35). The lowest BCUT2D eigenvalue weighted by atomic mass is 10.1. The average Bonchev–Trinajstić information content (AvgIpc) is 2.94. The second kappa shape index (κ2) is 13.3. The van der Waals surface area contributed by atoms with E-state index in [1.165, 1.54) is 24.1 Å². The van der Waals surface area contributed by atoms with Gasteiger partial charge in [-0.1, -0.05) is 42.0 Å². The molecular formula is C30H37N3O6S. The quantitative estimate of drug-likeness (QED) is 0.353. The number of carbonyl (C=O) groups excluding carboxylic acids is 2. The van der Waals surface area contributed by atoms with Crippen LogP contribution in [-0.2, 0) is 26.2 Å². The first kappa shape index (κ1) is 30.5. The van der Waals surface area contributed by atoms with Crippen molar-refractivity contribution in [2.75, 3.05) is 25.1 Å². The second-order valence-corrected chi connectivity index (χ2v) is 11.6. The number of ether oxygens (including phenoxy) is 2. The van der Waals surface area contributed by atoms with Gasteiger partial charge in [-0.05, 0) is 69.7 Å². The number of hydrogen-bond acceptors (Lipinski definition) is 6. The molecule has 0 spiro atoms. The number of sulfonamides is 1. The van der Waals surface area contributed by atoms with Gasteiger partial charge in [0.1, 0.15) is 24.1 Å². The summed E-state index contributed by atoms with van der Waals surface area (Å²) < 4.78 is 39.6. The van der Waals surface area contributed by atoms with Gasteiger partial charge in [0, 0.05) is 12.6 Å². The monoisotopic (exact) mass is 567 g/mol. The zero-order valence-electron chi connectivity index (χ0n) is 23.7. The summed E-state index contributed by atoms with van der Waals surface area (Å²) in [4.78, 5) is 28.4. The van der Waals surface area contributed by atoms with Crippen LogP contribution in [0.1, 0.15) is 31.9 Å². The van der Waals surface area contributed by atoms with E-state index in [1.807, 2.05) is 20.8 Å². The predicted molar refractivity (Wildman–Crippen MR) is 155 cm³/mol. The Balaban J connectivity index is 2.06. The summed E-state index contributed by atoms with van der Waals surface area (Å²) in [5.41, 5.74) is 1.86. The molecule has 2 amide bonds. The van der Waals surface area contributed by atoms with Crippen molar-refractivity contribution in [2.45, 2.75) is 51.2 Å². The minimum absolute atomic E-state index is 0.0316. The van der Waals surface area contributed by atoms with Crippen LogP contribution in [0.3, 0.4) is 0 Å². The van der Waals surface area contributed by atoms with Gasteiger partial charge in [-0.3, -0.25) is 13.9 Å². The molecule has 10 heteroatoms. The van der Waals surface area contributed by atoms with E-state index in [4.69, 9.17) is 9.47 Å². The number of hydrogen-bond donors (Lipinski definition) is 1. The molecule has 9 nitrogen and oxygen atoms in total. The molecule has 0 radical (unpaired) electrons. The Labute approximate surface area is 236 Å². The highest BCUT2D eigenvalue weighted by atomic mass is 32.2. The number of aryl methyl sites for hydroxylation is 1. The molecule has 3 aromatic rings. The van der Waals surface area contributed by atoms with Crippen LogP contribution in [0.15, 0.2) is 77.7 Å². The van der Waals surface area contributed by atoms with Crippen LogP contribution in [0.4, 0.5) is 5.69 Å². The van der Waals surface area contributed by atoms with Crippen molar-refractivity contribution in [1.82, 2.24) is 10.2 Å². The van der Waals surface area contributed by atoms with E-state index in [1.54, 1.807) is 74.7 Å². The Morgan fingerprint density at radius 3 is 2.08 bits per heavy atom. The zero-order valence-corrected chi connectivity index (χ0v) is 24.6. The highest BCUT2D eigenvalue weighted by Crippen LogP contribution is 2.32. The van der Waals surface area contributed by atoms with Crippen LogP contribution < -0.4 is 19.1 Å². The maximum Gasteiger partial charge on any atom is 0.264 e. The number of nitrogens with one attached hydrogen (secondary N) is 1. The van der Waals surface area contributed by atoms with Gasteiger partial charge in [-0.2, -0.15) is 0 Å². The molecule has 0 aromatic heterocycles. The van der Waals surface area contributed by atoms with E-state index >= 15 is 0 Å². The number of rotatable bonds is 12. The van der Waals surface area contributed by atoms with Gasteiger partial charge in [0.15, 0.2) is 0 Å². The first-order valence-corrected chi connectivity index (χ1v) is 14.4. The molecule has 1 N–H and O–H groups in total. The van der Waals surface area contributed by atoms with Gasteiger partial charge in [-0.25, -0.2) is 8.42 Å². The summed E-state index contributed by atoms with van der Waals surface area (Å²) >= 11 is 0. The van der Waals surface area contributed by atoms with Crippen molar-refractivity contribution in [3.63, 3.8) is 0 Å². The van der Waals surface area contributed by atoms with Gasteiger partial charge < -0.3 is 19.7 Å². The summed E-state index contributed by atoms with van der Waals surface area (Å²) in [5, 5.41) is 2.84. The van der Waals surface area contributed by atoms with E-state index in [2.05, 4.69) is 5.32 Å². The minimum atomic E-state index is -4.19. The summed E-state index contributed by atoms with van der Waals surface area (Å²) in [7, 11) is -1.19. The predicted octanol–water partition coefficient (Wildman–Crippen LogP) is 4.15. The average molecular weight is 568 g/mol. The number of carbonyl (C=O) groups is 2. The first-order valence-electron chi connectivity index (χ1n) is 12.9. The van der Waals surface area contributed by atoms with Crippen molar-refractivity contribution in [1.29, 1.82) is 0 Å². The number of para-hydroxylation sites is 2. The second-order valence-electron chi connectivity index (χ2n) is 9.71. The van der Waals surface area contributed by atoms with E-state index in [-0.39, 0.29) is 29.1 Å². The van der Waals surface area contributed by atoms with Crippen molar-refractivity contribution < 1.29 is 27.5 Å². The van der Waals surface area contributed by atoms with Crippen molar-refractivity contribution in [3.05, 3.63) is 83.9 Å². The summed E-state index contributed by atoms with van der Waals surface area (Å²) in [5.74, 6) is 0.0444. The Hall–Kier alpha value is -4.05. The van der Waals surface area contributed by atoms with Gasteiger partial charge in [-0.15, -0.1) is 0 Å². The molecule has 0 aliphatic carbocycles. The fourth-order valence-electron chi connectivity index (χ4n) is 4.10. The van der Waals surface area contributed by atoms with Gasteiger partial charge in [0.25, 0.3) is 10.0 Å². The van der Waals surface area contributed by atoms with E-state index in [0.29, 0.717) is 11.5 Å². The van der Waals surface area contributed by atoms with Gasteiger partial charge in [0.05, 0.1) is 24.8 Å². The molecule has 0 saturated carbocycles. The maximum atomic E-state index is 14.0. The maximum absolute atomic E-state index is 14.0. The fourth-order valence-corrected chi connectivity index (χ4v) is 5.53. The molecule has 40 heavy (non-hydrogen) atoms. The van der Waals surface area contributed by atoms with Gasteiger partial charge in [0.2, 0.25) is 11.8 Å². The third-order valence-corrected chi connectivity index (χ3v) is 8.13. The van der Waals surface area contributed by atoms with E-state index in [9.17, 15) is 18.0 Å². The van der Waals surface area contributed by atoms with E-state index < -0.39 is 28.5 Å². The Bertz CT molecular complexity index is 1410. The molecule has 0 aliphatic heterocycles. The SMILES string of the molecule is COc1ccc(CN(C(=O)CN(c2ccccc2OC)S(=O)(=O)c2ccc(C)cc2)C(C)C(=O)NC(C)C)cc1. The number of nitrogens with zero attached hydrogens (tertiary/aromatic N) is 2. The molecule has 214 valence electrons. The molecule has 1 unspecified atom stereocenters. The zero-order chi connectivity index (χ0) is 29.4. The summed E-state index contributed by atoms with van der Waals surface area (Å²) in [6.07, 6.45) is 0. The summed E-state index contributed by atoms with van der Waals surface area (Å²) in [6, 6.07) is 19.1. The number of methoxy groups -OCH3 is 2. The highest BCUT2D eigenvalue weighted by Gasteiger charge is 2.33. The minimum Gasteiger partial charge on any atom is -0.497 e. The lowest BCUT2D eigenvalue weighted by Gasteiger charge is -2.32. The number of benzene rings is 3. The third-order valence-electron chi connectivity index (χ3n) is 6.35.